The largest absolute Gasteiger partial charge is 0.416 e. The van der Waals surface area contributed by atoms with Crippen LogP contribution in [0.25, 0.3) is 6.08 Å². The van der Waals surface area contributed by atoms with Crippen molar-refractivity contribution in [2.75, 3.05) is 4.90 Å². The molecule has 0 unspecified atom stereocenters. The molecule has 2 heterocycles. The summed E-state index contributed by atoms with van der Waals surface area (Å²) < 4.78 is 40.8. The van der Waals surface area contributed by atoms with Gasteiger partial charge in [0.2, 0.25) is 0 Å². The maximum atomic E-state index is 14.6. The van der Waals surface area contributed by atoms with Crippen molar-refractivity contribution in [3.05, 3.63) is 147 Å². The Morgan fingerprint density at radius 1 is 0.841 bits per heavy atom. The molecular formula is C34H21F3N2O5. The van der Waals surface area contributed by atoms with Gasteiger partial charge in [-0.25, -0.2) is 0 Å². The fourth-order valence-electron chi connectivity index (χ4n) is 7.11. The van der Waals surface area contributed by atoms with Crippen LogP contribution in [-0.2, 0) is 6.18 Å². The highest BCUT2D eigenvalue weighted by Crippen LogP contribution is 2.61. The van der Waals surface area contributed by atoms with Gasteiger partial charge in [0, 0.05) is 40.4 Å². The van der Waals surface area contributed by atoms with Crippen molar-refractivity contribution in [2.24, 2.45) is 5.41 Å². The number of nitrogens with zero attached hydrogens (tertiary/aromatic N) is 2. The van der Waals surface area contributed by atoms with Gasteiger partial charge in [0.1, 0.15) is 11.5 Å². The molecule has 0 N–H and O–H groups in total. The predicted octanol–water partition coefficient (Wildman–Crippen LogP) is 6.93. The van der Waals surface area contributed by atoms with E-state index < -0.39 is 57.4 Å². The van der Waals surface area contributed by atoms with E-state index in [2.05, 4.69) is 0 Å². The average molecular weight is 595 g/mol. The zero-order chi connectivity index (χ0) is 31.0. The number of nitro groups is 1. The number of anilines is 1. The molecule has 2 aliphatic heterocycles. The molecule has 3 aliphatic rings. The number of alkyl halides is 3. The van der Waals surface area contributed by atoms with Crippen molar-refractivity contribution in [2.45, 2.75) is 24.2 Å². The molecule has 7 rings (SSSR count). The van der Waals surface area contributed by atoms with E-state index in [0.29, 0.717) is 11.3 Å². The third kappa shape index (κ3) is 3.73. The summed E-state index contributed by atoms with van der Waals surface area (Å²) in [6.07, 6.45) is -1.17. The molecule has 0 bridgehead atoms. The third-order valence-corrected chi connectivity index (χ3v) is 8.92. The maximum Gasteiger partial charge on any atom is 0.416 e. The maximum absolute atomic E-state index is 14.6. The summed E-state index contributed by atoms with van der Waals surface area (Å²) in [5.41, 5.74) is -1.40. The van der Waals surface area contributed by atoms with Crippen LogP contribution in [0.15, 0.2) is 103 Å². The van der Waals surface area contributed by atoms with Gasteiger partial charge in [-0.15, -0.1) is 0 Å². The van der Waals surface area contributed by atoms with Crippen LogP contribution in [-0.4, -0.2) is 34.4 Å². The molecule has 1 spiro atoms. The molecule has 10 heteroatoms. The Labute approximate surface area is 248 Å². The fourth-order valence-corrected chi connectivity index (χ4v) is 7.11. The first-order valence-electron chi connectivity index (χ1n) is 13.7. The lowest BCUT2D eigenvalue weighted by atomic mass is 9.64. The lowest BCUT2D eigenvalue weighted by molar-refractivity contribution is -0.384. The van der Waals surface area contributed by atoms with Crippen molar-refractivity contribution in [3.8, 4) is 0 Å². The molecule has 218 valence electrons. The number of nitro benzene ring substituents is 1. The highest BCUT2D eigenvalue weighted by molar-refractivity contribution is 6.32. The van der Waals surface area contributed by atoms with E-state index in [-0.39, 0.29) is 27.9 Å². The van der Waals surface area contributed by atoms with Crippen LogP contribution in [0.2, 0.25) is 0 Å². The topological polar surface area (TPSA) is 97.6 Å². The highest BCUT2D eigenvalue weighted by Gasteiger charge is 2.71. The van der Waals surface area contributed by atoms with Crippen molar-refractivity contribution in [1.29, 1.82) is 0 Å². The number of hydrogen-bond donors (Lipinski definition) is 0. The van der Waals surface area contributed by atoms with Gasteiger partial charge in [-0.05, 0) is 29.3 Å². The third-order valence-electron chi connectivity index (χ3n) is 8.92. The number of Topliss-reactive ketones (excluding diaryl/α,β-unsaturated/α-hetero) is 3. The van der Waals surface area contributed by atoms with E-state index in [1.165, 1.54) is 42.5 Å². The molecule has 1 saturated heterocycles. The minimum Gasteiger partial charge on any atom is -0.352 e. The van der Waals surface area contributed by atoms with E-state index >= 15 is 0 Å². The Morgan fingerprint density at radius 2 is 1.48 bits per heavy atom. The van der Waals surface area contributed by atoms with Crippen molar-refractivity contribution < 1.29 is 32.5 Å². The monoisotopic (exact) mass is 594 g/mol. The fraction of sp³-hybridized carbons (Fsp3) is 0.147. The molecule has 4 aromatic carbocycles. The summed E-state index contributed by atoms with van der Waals surface area (Å²) in [6.45, 7) is 0. The Kier molecular flexibility index (Phi) is 5.97. The quantitative estimate of drug-likeness (QED) is 0.110. The normalized spacial score (nSPS) is 21.2. The molecule has 1 fully saturated rings. The van der Waals surface area contributed by atoms with Gasteiger partial charge in [-0.1, -0.05) is 78.9 Å². The number of para-hydroxylation sites is 1. The number of benzene rings is 4. The number of ketones is 3. The van der Waals surface area contributed by atoms with Gasteiger partial charge in [0.05, 0.1) is 16.5 Å². The van der Waals surface area contributed by atoms with E-state index in [9.17, 15) is 37.7 Å². The van der Waals surface area contributed by atoms with Crippen molar-refractivity contribution in [3.63, 3.8) is 0 Å². The average Bonchev–Trinajstić information content (AvgIpc) is 3.46. The Morgan fingerprint density at radius 3 is 2.11 bits per heavy atom. The second-order valence-electron chi connectivity index (χ2n) is 11.1. The van der Waals surface area contributed by atoms with E-state index in [1.54, 1.807) is 47.4 Å². The standard InChI is InChI=1S/C34H21F3N2O5/c35-34(36,37)22-15-12-20(13-16-22)28-29(30(40)21-7-5-8-23(18-21)39(43)44)38-26-11-4-1-6-19(26)14-17-27(38)33(28)31(41)24-9-2-3-10-25(24)32(33)42/h1-18,27-29H/t27-,28+,29-/m0/s1. The van der Waals surface area contributed by atoms with Gasteiger partial charge in [0.15, 0.2) is 17.3 Å². The van der Waals surface area contributed by atoms with Crippen LogP contribution < -0.4 is 4.90 Å². The first-order valence-corrected chi connectivity index (χ1v) is 13.7. The van der Waals surface area contributed by atoms with E-state index in [4.69, 9.17) is 0 Å². The molecule has 7 nitrogen and oxygen atoms in total. The summed E-state index contributed by atoms with van der Waals surface area (Å²) in [7, 11) is 0. The molecule has 0 aromatic heterocycles. The number of halogens is 3. The molecule has 0 radical (unpaired) electrons. The molecule has 0 amide bonds. The minimum absolute atomic E-state index is 0.0284. The van der Waals surface area contributed by atoms with E-state index in [0.717, 1.165) is 18.2 Å². The number of fused-ring (bicyclic) bond motifs is 5. The summed E-state index contributed by atoms with van der Waals surface area (Å²) >= 11 is 0. The van der Waals surface area contributed by atoms with Gasteiger partial charge in [-0.2, -0.15) is 13.2 Å². The van der Waals surface area contributed by atoms with Gasteiger partial charge in [0.25, 0.3) is 5.69 Å². The number of carbonyl (C=O) groups excluding carboxylic acids is 3. The Bertz CT molecular complexity index is 1900. The smallest absolute Gasteiger partial charge is 0.352 e. The van der Waals surface area contributed by atoms with Crippen LogP contribution >= 0.6 is 0 Å². The Balaban J connectivity index is 1.53. The number of non-ortho nitro benzene ring substituents is 1. The molecule has 44 heavy (non-hydrogen) atoms. The lowest BCUT2D eigenvalue weighted by Crippen LogP contribution is -2.48. The zero-order valence-electron chi connectivity index (χ0n) is 22.7. The summed E-state index contributed by atoms with van der Waals surface area (Å²) in [5.74, 6) is -2.92. The minimum atomic E-state index is -4.64. The van der Waals surface area contributed by atoms with Gasteiger partial charge < -0.3 is 4.90 Å². The lowest BCUT2D eigenvalue weighted by Gasteiger charge is -2.37. The predicted molar refractivity (Wildman–Crippen MR) is 155 cm³/mol. The summed E-state index contributed by atoms with van der Waals surface area (Å²) in [4.78, 5) is 56.5. The summed E-state index contributed by atoms with van der Waals surface area (Å²) in [5, 5.41) is 11.6. The van der Waals surface area contributed by atoms with Crippen LogP contribution in [0.1, 0.15) is 53.7 Å². The first kappa shape index (κ1) is 27.5. The number of carbonyl (C=O) groups is 3. The van der Waals surface area contributed by atoms with Crippen LogP contribution in [0.4, 0.5) is 24.5 Å². The molecule has 1 aliphatic carbocycles. The Hall–Kier alpha value is -5.38. The second kappa shape index (κ2) is 9.57. The summed E-state index contributed by atoms with van der Waals surface area (Å²) in [6, 6.07) is 20.5. The van der Waals surface area contributed by atoms with Gasteiger partial charge >= 0.3 is 6.18 Å². The van der Waals surface area contributed by atoms with Crippen LogP contribution in [0, 0.1) is 15.5 Å². The van der Waals surface area contributed by atoms with Crippen molar-refractivity contribution in [1.82, 2.24) is 0 Å². The van der Waals surface area contributed by atoms with Crippen LogP contribution in [0.3, 0.4) is 0 Å². The second-order valence-corrected chi connectivity index (χ2v) is 11.1. The molecule has 4 aromatic rings. The number of rotatable bonds is 4. The van der Waals surface area contributed by atoms with Gasteiger partial charge in [-0.3, -0.25) is 24.5 Å². The van der Waals surface area contributed by atoms with Crippen molar-refractivity contribution >= 4 is 34.8 Å². The van der Waals surface area contributed by atoms with Crippen LogP contribution in [0.5, 0.6) is 0 Å². The molecular weight excluding hydrogens is 573 g/mol. The molecule has 0 saturated carbocycles. The van der Waals surface area contributed by atoms with E-state index in [1.807, 2.05) is 6.07 Å². The number of hydrogen-bond acceptors (Lipinski definition) is 6. The SMILES string of the molecule is O=C(c1cccc([N+](=O)[O-])c1)[C@@H]1[C@@H](c2ccc(C(F)(F)F)cc2)C2(C(=O)c3ccccc3C2=O)[C@@H]2C=Cc3ccccc3N12. The first-order chi connectivity index (χ1) is 21.0. The highest BCUT2D eigenvalue weighted by atomic mass is 19.4. The zero-order valence-corrected chi connectivity index (χ0v) is 22.7. The molecule has 3 atom stereocenters.